The van der Waals surface area contributed by atoms with Crippen molar-refractivity contribution in [3.8, 4) is 0 Å². The molecule has 26 heavy (non-hydrogen) atoms. The molecule has 1 saturated heterocycles. The summed E-state index contributed by atoms with van der Waals surface area (Å²) in [5.74, 6) is -0.0966. The molecule has 140 valence electrons. The Morgan fingerprint density at radius 1 is 1.23 bits per heavy atom. The first kappa shape index (κ1) is 17.5. The first-order valence-electron chi connectivity index (χ1n) is 9.58. The summed E-state index contributed by atoms with van der Waals surface area (Å²) in [6.07, 6.45) is 6.78. The van der Waals surface area contributed by atoms with Crippen LogP contribution in [0.25, 0.3) is 0 Å². The van der Waals surface area contributed by atoms with Crippen molar-refractivity contribution < 1.29 is 14.4 Å². The first-order chi connectivity index (χ1) is 12.7. The van der Waals surface area contributed by atoms with Crippen molar-refractivity contribution in [2.24, 2.45) is 0 Å². The molecule has 0 unspecified atom stereocenters. The highest BCUT2D eigenvalue weighted by Crippen LogP contribution is 2.30. The topological polar surface area (TPSA) is 71.6 Å². The molecule has 1 saturated carbocycles. The maximum Gasteiger partial charge on any atom is 0.269 e. The summed E-state index contributed by atoms with van der Waals surface area (Å²) in [5.41, 5.74) is 4.19. The van der Waals surface area contributed by atoms with Crippen LogP contribution in [0, 0.1) is 0 Å². The summed E-state index contributed by atoms with van der Waals surface area (Å²) in [5, 5.41) is 6.46. The Balaban J connectivity index is 1.32. The fraction of sp³-hybridized carbons (Fsp3) is 0.550. The van der Waals surface area contributed by atoms with Crippen molar-refractivity contribution in [3.05, 3.63) is 47.7 Å². The molecule has 0 bridgehead atoms. The molecule has 4 rings (SSSR count). The van der Waals surface area contributed by atoms with Gasteiger partial charge in [-0.15, -0.1) is 0 Å². The molecule has 2 atom stereocenters. The Labute approximate surface area is 154 Å². The largest absolute Gasteiger partial charge is 0.371 e. The minimum Gasteiger partial charge on any atom is -0.371 e. The second kappa shape index (κ2) is 7.78. The normalized spacial score (nSPS) is 27.2. The van der Waals surface area contributed by atoms with Gasteiger partial charge in [-0.25, -0.2) is 0 Å². The van der Waals surface area contributed by atoms with Gasteiger partial charge >= 0.3 is 0 Å². The Morgan fingerprint density at radius 3 is 2.85 bits per heavy atom. The van der Waals surface area contributed by atoms with Crippen LogP contribution in [0.15, 0.2) is 42.1 Å². The Kier molecular flexibility index (Phi) is 5.24. The highest BCUT2D eigenvalue weighted by Gasteiger charge is 2.39. The van der Waals surface area contributed by atoms with Gasteiger partial charge in [0.25, 0.3) is 5.91 Å². The molecule has 2 heterocycles. The zero-order chi connectivity index (χ0) is 17.8. The summed E-state index contributed by atoms with van der Waals surface area (Å²) in [7, 11) is 0. The fourth-order valence-corrected chi connectivity index (χ4v) is 4.00. The van der Waals surface area contributed by atoms with E-state index in [1.54, 1.807) is 0 Å². The lowest BCUT2D eigenvalue weighted by molar-refractivity contribution is -0.121. The number of nitrogens with one attached hydrogen (secondary N) is 3. The van der Waals surface area contributed by atoms with E-state index >= 15 is 0 Å². The van der Waals surface area contributed by atoms with Crippen LogP contribution in [0.2, 0.25) is 0 Å². The molecule has 6 nitrogen and oxygen atoms in total. The van der Waals surface area contributed by atoms with Gasteiger partial charge in [-0.2, -0.15) is 0 Å². The Bertz CT molecular complexity index is 656. The molecule has 3 N–H and O–H groups in total. The predicted octanol–water partition coefficient (Wildman–Crippen LogP) is 1.78. The number of hydrogen-bond acceptors (Lipinski definition) is 5. The molecule has 1 aromatic carbocycles. The van der Waals surface area contributed by atoms with E-state index in [9.17, 15) is 4.79 Å². The molecular formula is C20H27N3O3. The summed E-state index contributed by atoms with van der Waals surface area (Å²) < 4.78 is 6.08. The van der Waals surface area contributed by atoms with Crippen molar-refractivity contribution in [2.75, 3.05) is 13.1 Å². The predicted molar refractivity (Wildman–Crippen MR) is 97.9 cm³/mol. The van der Waals surface area contributed by atoms with Crippen molar-refractivity contribution in [1.29, 1.82) is 0 Å². The summed E-state index contributed by atoms with van der Waals surface area (Å²) in [4.78, 5) is 18.4. The van der Waals surface area contributed by atoms with Gasteiger partial charge in [0.15, 0.2) is 0 Å². The number of ether oxygens (including phenoxy) is 1. The SMILES string of the molecule is O=C(N[C@@H]1CCC[C@H]1OCc1ccccc1)C1=CC2(CCNCC2)ON1. The van der Waals surface area contributed by atoms with Crippen molar-refractivity contribution >= 4 is 5.91 Å². The number of amides is 1. The summed E-state index contributed by atoms with van der Waals surface area (Å²) in [6, 6.07) is 10.2. The quantitative estimate of drug-likeness (QED) is 0.749. The van der Waals surface area contributed by atoms with E-state index in [1.165, 1.54) is 0 Å². The number of piperidine rings is 1. The number of hydroxylamine groups is 1. The highest BCUT2D eigenvalue weighted by atomic mass is 16.7. The van der Waals surface area contributed by atoms with Gasteiger partial charge in [-0.1, -0.05) is 30.3 Å². The monoisotopic (exact) mass is 357 g/mol. The van der Waals surface area contributed by atoms with Gasteiger partial charge in [0.2, 0.25) is 0 Å². The first-order valence-corrected chi connectivity index (χ1v) is 9.58. The molecular weight excluding hydrogens is 330 g/mol. The molecule has 3 aliphatic rings. The van der Waals surface area contributed by atoms with E-state index in [0.717, 1.165) is 50.8 Å². The minimum absolute atomic E-state index is 0.0542. The third-order valence-electron chi connectivity index (χ3n) is 5.54. The molecule has 1 spiro atoms. The lowest BCUT2D eigenvalue weighted by atomic mass is 9.92. The number of hydrogen-bond donors (Lipinski definition) is 3. The third-order valence-corrected chi connectivity index (χ3v) is 5.54. The van der Waals surface area contributed by atoms with E-state index in [2.05, 4.69) is 28.2 Å². The van der Waals surface area contributed by atoms with E-state index in [4.69, 9.17) is 9.57 Å². The molecule has 2 aliphatic heterocycles. The second-order valence-electron chi connectivity index (χ2n) is 7.42. The Morgan fingerprint density at radius 2 is 2.04 bits per heavy atom. The van der Waals surface area contributed by atoms with Crippen LogP contribution < -0.4 is 16.1 Å². The standard InChI is InChI=1S/C20H27N3O3/c24-19(17-13-20(26-23-17)9-11-21-12-10-20)22-16-7-4-8-18(16)25-14-15-5-2-1-3-6-15/h1-3,5-6,13,16,18,21,23H,4,7-12,14H2,(H,22,24)/t16-,18-/m1/s1. The van der Waals surface area contributed by atoms with Crippen LogP contribution in [0.4, 0.5) is 0 Å². The molecule has 1 aromatic rings. The summed E-state index contributed by atoms with van der Waals surface area (Å²) >= 11 is 0. The van der Waals surface area contributed by atoms with E-state index in [1.807, 2.05) is 24.3 Å². The molecule has 0 radical (unpaired) electrons. The molecule has 6 heteroatoms. The highest BCUT2D eigenvalue weighted by molar-refractivity contribution is 5.93. The number of benzene rings is 1. The van der Waals surface area contributed by atoms with Crippen molar-refractivity contribution in [3.63, 3.8) is 0 Å². The van der Waals surface area contributed by atoms with Crippen LogP contribution in [-0.4, -0.2) is 36.7 Å². The van der Waals surface area contributed by atoms with E-state index in [0.29, 0.717) is 12.3 Å². The third kappa shape index (κ3) is 3.92. The molecule has 1 aliphatic carbocycles. The smallest absolute Gasteiger partial charge is 0.269 e. The average molecular weight is 357 g/mol. The Hall–Kier alpha value is -1.89. The minimum atomic E-state index is -0.336. The van der Waals surface area contributed by atoms with Gasteiger partial charge in [0.1, 0.15) is 11.3 Å². The number of carbonyl (C=O) groups excluding carboxylic acids is 1. The number of rotatable bonds is 5. The number of carbonyl (C=O) groups is 1. The lowest BCUT2D eigenvalue weighted by Crippen LogP contribution is -2.43. The second-order valence-corrected chi connectivity index (χ2v) is 7.42. The van der Waals surface area contributed by atoms with E-state index in [-0.39, 0.29) is 23.7 Å². The van der Waals surface area contributed by atoms with Gasteiger partial charge in [-0.05, 0) is 56.8 Å². The van der Waals surface area contributed by atoms with Crippen LogP contribution in [-0.2, 0) is 21.0 Å². The zero-order valence-electron chi connectivity index (χ0n) is 15.0. The van der Waals surface area contributed by atoms with Gasteiger partial charge in [-0.3, -0.25) is 15.1 Å². The van der Waals surface area contributed by atoms with Crippen LogP contribution in [0.5, 0.6) is 0 Å². The van der Waals surface area contributed by atoms with Crippen molar-refractivity contribution in [1.82, 2.24) is 16.1 Å². The van der Waals surface area contributed by atoms with Crippen LogP contribution in [0.3, 0.4) is 0 Å². The van der Waals surface area contributed by atoms with Gasteiger partial charge in [0, 0.05) is 0 Å². The molecule has 0 aromatic heterocycles. The fourth-order valence-electron chi connectivity index (χ4n) is 4.00. The molecule has 1 amide bonds. The van der Waals surface area contributed by atoms with Crippen LogP contribution in [0.1, 0.15) is 37.7 Å². The van der Waals surface area contributed by atoms with Crippen molar-refractivity contribution in [2.45, 2.75) is 56.5 Å². The molecule has 2 fully saturated rings. The van der Waals surface area contributed by atoms with Crippen LogP contribution >= 0.6 is 0 Å². The maximum absolute atomic E-state index is 12.7. The van der Waals surface area contributed by atoms with Gasteiger partial charge in [0.05, 0.1) is 18.8 Å². The lowest BCUT2D eigenvalue weighted by Gasteiger charge is -2.29. The summed E-state index contributed by atoms with van der Waals surface area (Å²) in [6.45, 7) is 2.40. The van der Waals surface area contributed by atoms with E-state index < -0.39 is 0 Å². The maximum atomic E-state index is 12.7. The average Bonchev–Trinajstić information content (AvgIpc) is 3.29. The zero-order valence-corrected chi connectivity index (χ0v) is 15.0. The van der Waals surface area contributed by atoms with Gasteiger partial charge < -0.3 is 15.4 Å².